The maximum Gasteiger partial charge on any atom is 0.160 e. The van der Waals surface area contributed by atoms with Crippen molar-refractivity contribution < 1.29 is 4.79 Å². The van der Waals surface area contributed by atoms with Crippen LogP contribution in [0.1, 0.15) is 25.7 Å². The highest BCUT2D eigenvalue weighted by Gasteiger charge is 2.14. The van der Waals surface area contributed by atoms with Crippen molar-refractivity contribution in [3.63, 3.8) is 0 Å². The summed E-state index contributed by atoms with van der Waals surface area (Å²) in [6.07, 6.45) is 5.54. The molecule has 16 heavy (non-hydrogen) atoms. The Morgan fingerprint density at radius 3 is 2.50 bits per heavy atom. The molecule has 0 atom stereocenters. The molecule has 3 heteroatoms. The molecule has 1 aliphatic rings. The first-order valence-electron chi connectivity index (χ1n) is 5.60. The number of benzene rings is 1. The number of allylic oxidation sites excluding steroid dienone is 1. The number of carbonyl (C=O) groups excluding carboxylic acids is 1. The van der Waals surface area contributed by atoms with Crippen LogP contribution in [0.5, 0.6) is 0 Å². The van der Waals surface area contributed by atoms with Gasteiger partial charge < -0.3 is 11.1 Å². The van der Waals surface area contributed by atoms with Gasteiger partial charge in [-0.05, 0) is 43.5 Å². The summed E-state index contributed by atoms with van der Waals surface area (Å²) < 4.78 is 0. The first-order valence-corrected chi connectivity index (χ1v) is 5.60. The lowest BCUT2D eigenvalue weighted by Gasteiger charge is -2.12. The van der Waals surface area contributed by atoms with E-state index >= 15 is 0 Å². The summed E-state index contributed by atoms with van der Waals surface area (Å²) in [5.41, 5.74) is 8.20. The van der Waals surface area contributed by atoms with E-state index < -0.39 is 0 Å². The molecule has 0 amide bonds. The van der Waals surface area contributed by atoms with Gasteiger partial charge in [0, 0.05) is 29.6 Å². The number of nitrogens with two attached hydrogens (primary N) is 1. The zero-order valence-electron chi connectivity index (χ0n) is 9.20. The zero-order chi connectivity index (χ0) is 11.4. The molecule has 84 valence electrons. The predicted molar refractivity (Wildman–Crippen MR) is 66.0 cm³/mol. The van der Waals surface area contributed by atoms with Crippen molar-refractivity contribution in [2.45, 2.75) is 25.7 Å². The molecule has 3 nitrogen and oxygen atoms in total. The summed E-state index contributed by atoms with van der Waals surface area (Å²) in [6.45, 7) is 0. The van der Waals surface area contributed by atoms with Gasteiger partial charge in [-0.1, -0.05) is 0 Å². The van der Waals surface area contributed by atoms with Gasteiger partial charge in [0.15, 0.2) is 5.78 Å². The van der Waals surface area contributed by atoms with E-state index in [0.717, 1.165) is 36.2 Å². The molecule has 0 aromatic heterocycles. The third-order valence-electron chi connectivity index (χ3n) is 2.78. The van der Waals surface area contributed by atoms with Crippen LogP contribution in [0.2, 0.25) is 0 Å². The molecule has 3 N–H and O–H groups in total. The number of nitrogens with one attached hydrogen (secondary N) is 1. The molecule has 0 saturated heterocycles. The molecule has 1 aromatic rings. The van der Waals surface area contributed by atoms with Gasteiger partial charge in [-0.3, -0.25) is 4.79 Å². The fourth-order valence-corrected chi connectivity index (χ4v) is 1.80. The summed E-state index contributed by atoms with van der Waals surface area (Å²) in [7, 11) is 0. The van der Waals surface area contributed by atoms with Crippen LogP contribution in [0.4, 0.5) is 11.4 Å². The van der Waals surface area contributed by atoms with Gasteiger partial charge in [-0.15, -0.1) is 0 Å². The Hall–Kier alpha value is -1.77. The zero-order valence-corrected chi connectivity index (χ0v) is 9.20. The normalized spacial score (nSPS) is 18.8. The Morgan fingerprint density at radius 1 is 1.12 bits per heavy atom. The smallest absolute Gasteiger partial charge is 0.160 e. The number of hydrogen-bond acceptors (Lipinski definition) is 3. The van der Waals surface area contributed by atoms with Crippen molar-refractivity contribution in [2.75, 3.05) is 11.1 Å². The number of rotatable bonds is 2. The van der Waals surface area contributed by atoms with Crippen molar-refractivity contribution in [2.24, 2.45) is 0 Å². The molecule has 0 bridgehead atoms. The minimum atomic E-state index is 0.272. The van der Waals surface area contributed by atoms with Crippen LogP contribution in [0.3, 0.4) is 0 Å². The lowest BCUT2D eigenvalue weighted by Crippen LogP contribution is -2.09. The van der Waals surface area contributed by atoms with Crippen molar-refractivity contribution in [3.05, 3.63) is 36.0 Å². The molecule has 0 spiro atoms. The molecule has 1 saturated carbocycles. The van der Waals surface area contributed by atoms with Crippen molar-refractivity contribution in [1.29, 1.82) is 0 Å². The Labute approximate surface area is 95.3 Å². The van der Waals surface area contributed by atoms with Gasteiger partial charge >= 0.3 is 0 Å². The molecule has 0 unspecified atom stereocenters. The van der Waals surface area contributed by atoms with Crippen LogP contribution in [0.25, 0.3) is 0 Å². The average molecular weight is 216 g/mol. The standard InChI is InChI=1S/C13H16N2O/c14-11-5-7-12(8-6-11)15-9-10-3-1-2-4-13(10)16/h5-9,15H,1-4,14H2. The molecule has 0 radical (unpaired) electrons. The minimum absolute atomic E-state index is 0.272. The monoisotopic (exact) mass is 216 g/mol. The second kappa shape index (κ2) is 4.84. The van der Waals surface area contributed by atoms with Gasteiger partial charge in [0.05, 0.1) is 0 Å². The predicted octanol–water partition coefficient (Wildman–Crippen LogP) is 2.71. The molecule has 2 rings (SSSR count). The van der Waals surface area contributed by atoms with Crippen LogP contribution in [-0.4, -0.2) is 5.78 Å². The van der Waals surface area contributed by atoms with Crippen LogP contribution in [0, 0.1) is 0 Å². The molecular weight excluding hydrogens is 200 g/mol. The maximum absolute atomic E-state index is 11.5. The topological polar surface area (TPSA) is 55.1 Å². The largest absolute Gasteiger partial charge is 0.399 e. The molecule has 0 aliphatic heterocycles. The summed E-state index contributed by atoms with van der Waals surface area (Å²) in [5, 5.41) is 3.13. The SMILES string of the molecule is Nc1ccc(NC=C2CCCCC2=O)cc1. The summed E-state index contributed by atoms with van der Waals surface area (Å²) >= 11 is 0. The Bertz CT molecular complexity index is 406. The van der Waals surface area contributed by atoms with E-state index in [2.05, 4.69) is 5.32 Å². The maximum atomic E-state index is 11.5. The van der Waals surface area contributed by atoms with Gasteiger partial charge in [0.2, 0.25) is 0 Å². The van der Waals surface area contributed by atoms with Crippen molar-refractivity contribution >= 4 is 17.2 Å². The van der Waals surface area contributed by atoms with Crippen LogP contribution in [0.15, 0.2) is 36.0 Å². The second-order valence-corrected chi connectivity index (χ2v) is 4.07. The van der Waals surface area contributed by atoms with Crippen LogP contribution < -0.4 is 11.1 Å². The number of carbonyl (C=O) groups is 1. The molecule has 1 aliphatic carbocycles. The third kappa shape index (κ3) is 2.63. The van der Waals surface area contributed by atoms with E-state index in [-0.39, 0.29) is 5.78 Å². The third-order valence-corrected chi connectivity index (χ3v) is 2.78. The molecule has 1 aromatic carbocycles. The number of hydrogen-bond donors (Lipinski definition) is 2. The quantitative estimate of drug-likeness (QED) is 0.590. The molecular formula is C13H16N2O. The number of anilines is 2. The van der Waals surface area contributed by atoms with Gasteiger partial charge in [-0.2, -0.15) is 0 Å². The highest BCUT2D eigenvalue weighted by atomic mass is 16.1. The van der Waals surface area contributed by atoms with Gasteiger partial charge in [0.25, 0.3) is 0 Å². The summed E-state index contributed by atoms with van der Waals surface area (Å²) in [6, 6.07) is 7.48. The average Bonchev–Trinajstić information content (AvgIpc) is 2.30. The fraction of sp³-hybridized carbons (Fsp3) is 0.308. The Kier molecular flexibility index (Phi) is 3.25. The Morgan fingerprint density at radius 2 is 1.81 bits per heavy atom. The lowest BCUT2D eigenvalue weighted by molar-refractivity contribution is -0.116. The molecule has 1 fully saturated rings. The number of nitrogen functional groups attached to an aromatic ring is 1. The molecule has 0 heterocycles. The van der Waals surface area contributed by atoms with E-state index in [1.165, 1.54) is 0 Å². The van der Waals surface area contributed by atoms with Crippen LogP contribution in [-0.2, 0) is 4.79 Å². The van der Waals surface area contributed by atoms with E-state index in [1.807, 2.05) is 30.5 Å². The highest BCUT2D eigenvalue weighted by molar-refractivity contribution is 5.96. The van der Waals surface area contributed by atoms with Gasteiger partial charge in [0.1, 0.15) is 0 Å². The van der Waals surface area contributed by atoms with E-state index in [4.69, 9.17) is 5.73 Å². The minimum Gasteiger partial charge on any atom is -0.399 e. The van der Waals surface area contributed by atoms with Gasteiger partial charge in [-0.25, -0.2) is 0 Å². The highest BCUT2D eigenvalue weighted by Crippen LogP contribution is 2.20. The first kappa shape index (κ1) is 10.7. The fourth-order valence-electron chi connectivity index (χ4n) is 1.80. The number of ketones is 1. The van der Waals surface area contributed by atoms with Crippen molar-refractivity contribution in [1.82, 2.24) is 0 Å². The number of Topliss-reactive ketones (excluding diaryl/α,β-unsaturated/α-hetero) is 1. The Balaban J connectivity index is 2.02. The van der Waals surface area contributed by atoms with E-state index in [0.29, 0.717) is 6.42 Å². The lowest BCUT2D eigenvalue weighted by atomic mass is 9.94. The first-order chi connectivity index (χ1) is 7.75. The van der Waals surface area contributed by atoms with Crippen LogP contribution >= 0.6 is 0 Å². The summed E-state index contributed by atoms with van der Waals surface area (Å²) in [5.74, 6) is 0.272. The van der Waals surface area contributed by atoms with Crippen molar-refractivity contribution in [3.8, 4) is 0 Å². The summed E-state index contributed by atoms with van der Waals surface area (Å²) in [4.78, 5) is 11.5. The van der Waals surface area contributed by atoms with E-state index in [9.17, 15) is 4.79 Å². The van der Waals surface area contributed by atoms with E-state index in [1.54, 1.807) is 0 Å². The second-order valence-electron chi connectivity index (χ2n) is 4.07.